The van der Waals surface area contributed by atoms with Crippen molar-refractivity contribution in [3.05, 3.63) is 29.8 Å². The number of aryl methyl sites for hydroxylation is 1. The van der Waals surface area contributed by atoms with E-state index in [2.05, 4.69) is 5.32 Å². The van der Waals surface area contributed by atoms with Gasteiger partial charge in [-0.25, -0.2) is 4.79 Å². The molecular weight excluding hydrogens is 258 g/mol. The molecule has 1 atom stereocenters. The lowest BCUT2D eigenvalue weighted by atomic mass is 10.2. The Morgan fingerprint density at radius 1 is 1.30 bits per heavy atom. The average Bonchev–Trinajstić information content (AvgIpc) is 2.39. The van der Waals surface area contributed by atoms with Gasteiger partial charge in [0.1, 0.15) is 6.61 Å². The quantitative estimate of drug-likeness (QED) is 0.778. The first kappa shape index (κ1) is 16.2. The van der Waals surface area contributed by atoms with E-state index in [0.29, 0.717) is 18.7 Å². The number of anilines is 1. The normalized spacial score (nSPS) is 11.8. The van der Waals surface area contributed by atoms with Gasteiger partial charge in [-0.1, -0.05) is 19.1 Å². The van der Waals surface area contributed by atoms with Crippen molar-refractivity contribution in [3.8, 4) is 0 Å². The number of esters is 1. The molecule has 1 amide bonds. The Balaban J connectivity index is 2.44. The SMILES string of the molecule is CCOC(=O)C(CC)OCC(=O)Nc1cccc(C)c1. The number of amides is 1. The molecule has 0 saturated carbocycles. The second-order valence-corrected chi connectivity index (χ2v) is 4.38. The number of nitrogens with one attached hydrogen (secondary N) is 1. The molecule has 0 spiro atoms. The number of hydrogen-bond donors (Lipinski definition) is 1. The van der Waals surface area contributed by atoms with Crippen LogP contribution in [0.3, 0.4) is 0 Å². The van der Waals surface area contributed by atoms with Crippen molar-refractivity contribution >= 4 is 17.6 Å². The molecule has 0 fully saturated rings. The summed E-state index contributed by atoms with van der Waals surface area (Å²) >= 11 is 0. The highest BCUT2D eigenvalue weighted by Crippen LogP contribution is 2.09. The fourth-order valence-corrected chi connectivity index (χ4v) is 1.68. The number of ether oxygens (including phenoxy) is 2. The summed E-state index contributed by atoms with van der Waals surface area (Å²) in [5, 5.41) is 2.72. The molecule has 0 bridgehead atoms. The van der Waals surface area contributed by atoms with Crippen molar-refractivity contribution in [1.82, 2.24) is 0 Å². The Hall–Kier alpha value is -1.88. The van der Waals surface area contributed by atoms with E-state index >= 15 is 0 Å². The highest BCUT2D eigenvalue weighted by Gasteiger charge is 2.19. The fraction of sp³-hybridized carbons (Fsp3) is 0.467. The van der Waals surface area contributed by atoms with E-state index in [0.717, 1.165) is 5.56 Å². The lowest BCUT2D eigenvalue weighted by Gasteiger charge is -2.14. The van der Waals surface area contributed by atoms with Gasteiger partial charge in [0.2, 0.25) is 5.91 Å². The summed E-state index contributed by atoms with van der Waals surface area (Å²) in [7, 11) is 0. The molecule has 1 rings (SSSR count). The summed E-state index contributed by atoms with van der Waals surface area (Å²) in [5.74, 6) is -0.725. The van der Waals surface area contributed by atoms with Crippen LogP contribution in [0.5, 0.6) is 0 Å². The second kappa shape index (κ2) is 8.32. The minimum Gasteiger partial charge on any atom is -0.464 e. The average molecular weight is 279 g/mol. The number of benzene rings is 1. The number of carbonyl (C=O) groups excluding carboxylic acids is 2. The highest BCUT2D eigenvalue weighted by atomic mass is 16.6. The standard InChI is InChI=1S/C15H21NO4/c1-4-13(15(18)19-5-2)20-10-14(17)16-12-8-6-7-11(3)9-12/h6-9,13H,4-5,10H2,1-3H3,(H,16,17). The smallest absolute Gasteiger partial charge is 0.335 e. The minimum atomic E-state index is -0.696. The van der Waals surface area contributed by atoms with E-state index in [1.165, 1.54) is 0 Å². The van der Waals surface area contributed by atoms with E-state index in [1.54, 1.807) is 19.9 Å². The van der Waals surface area contributed by atoms with Gasteiger partial charge in [0.25, 0.3) is 0 Å². The van der Waals surface area contributed by atoms with Crippen molar-refractivity contribution in [2.75, 3.05) is 18.5 Å². The Kier molecular flexibility index (Phi) is 6.73. The first-order valence-electron chi connectivity index (χ1n) is 6.71. The lowest BCUT2D eigenvalue weighted by Crippen LogP contribution is -2.30. The second-order valence-electron chi connectivity index (χ2n) is 4.38. The van der Waals surface area contributed by atoms with Crippen LogP contribution in [0.1, 0.15) is 25.8 Å². The van der Waals surface area contributed by atoms with Crippen LogP contribution in [-0.2, 0) is 19.1 Å². The van der Waals surface area contributed by atoms with Crippen molar-refractivity contribution in [2.45, 2.75) is 33.3 Å². The summed E-state index contributed by atoms with van der Waals surface area (Å²) in [5.41, 5.74) is 1.77. The molecule has 1 aromatic rings. The van der Waals surface area contributed by atoms with Crippen LogP contribution in [0.4, 0.5) is 5.69 Å². The van der Waals surface area contributed by atoms with Gasteiger partial charge in [0, 0.05) is 5.69 Å². The highest BCUT2D eigenvalue weighted by molar-refractivity contribution is 5.92. The first-order valence-corrected chi connectivity index (χ1v) is 6.71. The van der Waals surface area contributed by atoms with Crippen LogP contribution >= 0.6 is 0 Å². The topological polar surface area (TPSA) is 64.6 Å². The molecule has 1 unspecified atom stereocenters. The van der Waals surface area contributed by atoms with Crippen LogP contribution in [0.25, 0.3) is 0 Å². The molecule has 0 aliphatic rings. The molecular formula is C15H21NO4. The van der Waals surface area contributed by atoms with Crippen LogP contribution < -0.4 is 5.32 Å². The van der Waals surface area contributed by atoms with Gasteiger partial charge in [0.15, 0.2) is 6.10 Å². The zero-order valence-electron chi connectivity index (χ0n) is 12.1. The summed E-state index contributed by atoms with van der Waals surface area (Å²) in [6, 6.07) is 7.47. The lowest BCUT2D eigenvalue weighted by molar-refractivity contribution is -0.157. The maximum Gasteiger partial charge on any atom is 0.335 e. The molecule has 0 heterocycles. The van der Waals surface area contributed by atoms with Crippen LogP contribution in [0.2, 0.25) is 0 Å². The van der Waals surface area contributed by atoms with Crippen LogP contribution in [-0.4, -0.2) is 31.2 Å². The van der Waals surface area contributed by atoms with Crippen molar-refractivity contribution in [1.29, 1.82) is 0 Å². The van der Waals surface area contributed by atoms with Crippen molar-refractivity contribution in [3.63, 3.8) is 0 Å². The molecule has 0 aromatic heterocycles. The van der Waals surface area contributed by atoms with Gasteiger partial charge < -0.3 is 14.8 Å². The largest absolute Gasteiger partial charge is 0.464 e. The number of rotatable bonds is 7. The predicted octanol–water partition coefficient (Wildman–Crippen LogP) is 2.29. The van der Waals surface area contributed by atoms with Gasteiger partial charge in [-0.2, -0.15) is 0 Å². The summed E-state index contributed by atoms with van der Waals surface area (Å²) in [4.78, 5) is 23.2. The van der Waals surface area contributed by atoms with E-state index in [-0.39, 0.29) is 12.5 Å². The molecule has 110 valence electrons. The summed E-state index contributed by atoms with van der Waals surface area (Å²) in [6.45, 7) is 5.61. The van der Waals surface area contributed by atoms with Crippen LogP contribution in [0, 0.1) is 6.92 Å². The molecule has 0 aliphatic carbocycles. The monoisotopic (exact) mass is 279 g/mol. The van der Waals surface area contributed by atoms with E-state index in [1.807, 2.05) is 25.1 Å². The third-order valence-electron chi connectivity index (χ3n) is 2.64. The Labute approximate surface area is 119 Å². The van der Waals surface area contributed by atoms with Gasteiger partial charge in [-0.15, -0.1) is 0 Å². The molecule has 0 aliphatic heterocycles. The first-order chi connectivity index (χ1) is 9.56. The third-order valence-corrected chi connectivity index (χ3v) is 2.64. The van der Waals surface area contributed by atoms with E-state index in [9.17, 15) is 9.59 Å². The van der Waals surface area contributed by atoms with Gasteiger partial charge >= 0.3 is 5.97 Å². The van der Waals surface area contributed by atoms with E-state index in [4.69, 9.17) is 9.47 Å². The van der Waals surface area contributed by atoms with Gasteiger partial charge in [-0.3, -0.25) is 4.79 Å². The van der Waals surface area contributed by atoms with Crippen LogP contribution in [0.15, 0.2) is 24.3 Å². The summed E-state index contributed by atoms with van der Waals surface area (Å²) < 4.78 is 10.1. The van der Waals surface area contributed by atoms with Crippen molar-refractivity contribution in [2.24, 2.45) is 0 Å². The van der Waals surface area contributed by atoms with Gasteiger partial charge in [-0.05, 0) is 38.0 Å². The Bertz CT molecular complexity index is 459. The molecule has 0 saturated heterocycles. The maximum atomic E-state index is 11.7. The minimum absolute atomic E-state index is 0.175. The fourth-order valence-electron chi connectivity index (χ4n) is 1.68. The Morgan fingerprint density at radius 3 is 2.65 bits per heavy atom. The number of carbonyl (C=O) groups is 2. The van der Waals surface area contributed by atoms with E-state index < -0.39 is 12.1 Å². The zero-order valence-corrected chi connectivity index (χ0v) is 12.1. The molecule has 20 heavy (non-hydrogen) atoms. The molecule has 1 aromatic carbocycles. The Morgan fingerprint density at radius 2 is 2.05 bits per heavy atom. The van der Waals surface area contributed by atoms with Crippen molar-refractivity contribution < 1.29 is 19.1 Å². The zero-order chi connectivity index (χ0) is 15.0. The molecule has 5 heteroatoms. The number of hydrogen-bond acceptors (Lipinski definition) is 4. The molecule has 1 N–H and O–H groups in total. The summed E-state index contributed by atoms with van der Waals surface area (Å²) in [6.07, 6.45) is -0.227. The molecule has 5 nitrogen and oxygen atoms in total. The van der Waals surface area contributed by atoms with Gasteiger partial charge in [0.05, 0.1) is 6.61 Å². The molecule has 0 radical (unpaired) electrons. The third kappa shape index (κ3) is 5.40. The maximum absolute atomic E-state index is 11.7. The predicted molar refractivity (Wildman–Crippen MR) is 76.5 cm³/mol.